The van der Waals surface area contributed by atoms with Crippen LogP contribution in [0.4, 0.5) is 4.79 Å². The number of amides is 3. The number of likely N-dealkylation sites (tertiary alicyclic amines) is 1. The average molecular weight is 563 g/mol. The molecule has 0 bridgehead atoms. The van der Waals surface area contributed by atoms with Gasteiger partial charge in [-0.2, -0.15) is 0 Å². The number of piperazine rings is 1. The molecule has 0 radical (unpaired) electrons. The fourth-order valence-electron chi connectivity index (χ4n) is 6.01. The molecule has 2 aliphatic rings. The lowest BCUT2D eigenvalue weighted by Crippen LogP contribution is -2.72. The van der Waals surface area contributed by atoms with E-state index in [1.165, 1.54) is 5.56 Å². The summed E-state index contributed by atoms with van der Waals surface area (Å²) in [7, 11) is 0. The Morgan fingerprint density at radius 1 is 0.927 bits per heavy atom. The maximum absolute atomic E-state index is 13.6. The van der Waals surface area contributed by atoms with E-state index in [4.69, 9.17) is 4.74 Å². The summed E-state index contributed by atoms with van der Waals surface area (Å²) in [5.41, 5.74) is 1.59. The molecule has 4 rings (SSSR count). The van der Waals surface area contributed by atoms with Gasteiger partial charge in [0.2, 0.25) is 11.8 Å². The van der Waals surface area contributed by atoms with Crippen molar-refractivity contribution in [1.82, 2.24) is 20.4 Å². The van der Waals surface area contributed by atoms with Crippen LogP contribution in [0, 0.1) is 0 Å². The van der Waals surface area contributed by atoms with Gasteiger partial charge in [-0.3, -0.25) is 9.59 Å². The third kappa shape index (κ3) is 8.55. The van der Waals surface area contributed by atoms with E-state index in [1.807, 2.05) is 35.2 Å². The van der Waals surface area contributed by atoms with Crippen molar-refractivity contribution in [2.45, 2.75) is 82.9 Å². The summed E-state index contributed by atoms with van der Waals surface area (Å²) >= 11 is 0. The highest BCUT2D eigenvalue weighted by molar-refractivity contribution is 6.00. The number of alkyl carbamates (subject to hydrolysis) is 1. The Morgan fingerprint density at radius 3 is 2.29 bits per heavy atom. The number of carbonyl (C=O) groups excluding carboxylic acids is 3. The minimum absolute atomic E-state index is 0.00175. The highest BCUT2D eigenvalue weighted by Crippen LogP contribution is 2.34. The Labute approximate surface area is 244 Å². The van der Waals surface area contributed by atoms with Crippen molar-refractivity contribution in [2.75, 3.05) is 32.7 Å². The average Bonchev–Trinajstić information content (AvgIpc) is 3.00. The summed E-state index contributed by atoms with van der Waals surface area (Å²) in [5.74, 6) is 0.0416. The highest BCUT2D eigenvalue weighted by Gasteiger charge is 2.52. The zero-order chi connectivity index (χ0) is 28.9. The molecule has 222 valence electrons. The molecule has 2 aliphatic heterocycles. The number of piperidine rings is 1. The smallest absolute Gasteiger partial charge is 0.407 e. The molecule has 3 amide bonds. The molecular weight excluding hydrogens is 516 g/mol. The lowest BCUT2D eigenvalue weighted by molar-refractivity contribution is -0.161. The predicted octanol–water partition coefficient (Wildman–Crippen LogP) is 4.68. The molecule has 0 aliphatic carbocycles. The van der Waals surface area contributed by atoms with Crippen LogP contribution < -0.4 is 10.6 Å². The van der Waals surface area contributed by atoms with E-state index in [9.17, 15) is 14.4 Å². The Balaban J connectivity index is 1.17. The van der Waals surface area contributed by atoms with E-state index in [2.05, 4.69) is 52.8 Å². The molecule has 2 fully saturated rings. The molecule has 2 aromatic carbocycles. The molecule has 1 atom stereocenters. The third-order valence-corrected chi connectivity index (χ3v) is 8.37. The van der Waals surface area contributed by atoms with Gasteiger partial charge < -0.3 is 25.2 Å². The van der Waals surface area contributed by atoms with Crippen LogP contribution in [0.3, 0.4) is 0 Å². The standard InChI is InChI=1S/C33H46N4O4/c1-2-22-37-30(38)29(18-9-11-21-34-32(40)41-26-28-16-7-4-8-17-28)35-31(39)33(37)19-24-36(25-20-33)23-12-10-15-27-13-5-3-6-14-27/h3-8,13-14,16-17,29H,2,9-12,15,18-26H2,1H3,(H,34,40)(H,35,39)/t29-/m0/s1. The number of aryl methyl sites for hydroxylation is 1. The minimum atomic E-state index is -0.728. The molecular formula is C33H46N4O4. The topological polar surface area (TPSA) is 91.0 Å². The van der Waals surface area contributed by atoms with Gasteiger partial charge >= 0.3 is 6.09 Å². The molecule has 1 spiro atoms. The van der Waals surface area contributed by atoms with Crippen molar-refractivity contribution in [3.05, 3.63) is 71.8 Å². The van der Waals surface area contributed by atoms with E-state index >= 15 is 0 Å². The number of nitrogens with one attached hydrogen (secondary N) is 2. The van der Waals surface area contributed by atoms with Gasteiger partial charge in [0.1, 0.15) is 18.2 Å². The Morgan fingerprint density at radius 2 is 1.61 bits per heavy atom. The molecule has 8 heteroatoms. The first-order chi connectivity index (χ1) is 20.0. The number of benzene rings is 2. The van der Waals surface area contributed by atoms with Crippen LogP contribution in [-0.2, 0) is 27.4 Å². The van der Waals surface area contributed by atoms with Gasteiger partial charge in [-0.25, -0.2) is 4.79 Å². The second-order valence-electron chi connectivity index (χ2n) is 11.3. The fourth-order valence-corrected chi connectivity index (χ4v) is 6.01. The van der Waals surface area contributed by atoms with Gasteiger partial charge in [-0.1, -0.05) is 67.6 Å². The minimum Gasteiger partial charge on any atom is -0.445 e. The van der Waals surface area contributed by atoms with Crippen molar-refractivity contribution in [2.24, 2.45) is 0 Å². The number of hydrogen-bond acceptors (Lipinski definition) is 5. The molecule has 2 N–H and O–H groups in total. The van der Waals surface area contributed by atoms with E-state index in [-0.39, 0.29) is 18.4 Å². The number of nitrogens with zero attached hydrogens (tertiary/aromatic N) is 2. The number of unbranched alkanes of at least 4 members (excludes halogenated alkanes) is 2. The summed E-state index contributed by atoms with van der Waals surface area (Å²) < 4.78 is 5.24. The van der Waals surface area contributed by atoms with Crippen LogP contribution in [0.25, 0.3) is 0 Å². The molecule has 2 saturated heterocycles. The third-order valence-electron chi connectivity index (χ3n) is 8.37. The summed E-state index contributed by atoms with van der Waals surface area (Å²) in [5, 5.41) is 5.85. The monoisotopic (exact) mass is 562 g/mol. The van der Waals surface area contributed by atoms with Gasteiger partial charge in [0.25, 0.3) is 0 Å². The second-order valence-corrected chi connectivity index (χ2v) is 11.3. The maximum atomic E-state index is 13.6. The summed E-state index contributed by atoms with van der Waals surface area (Å²) in [6.07, 6.45) is 7.12. The van der Waals surface area contributed by atoms with Crippen LogP contribution >= 0.6 is 0 Å². The summed E-state index contributed by atoms with van der Waals surface area (Å²) in [6, 6.07) is 19.6. The zero-order valence-electron chi connectivity index (χ0n) is 24.5. The van der Waals surface area contributed by atoms with E-state index in [1.54, 1.807) is 0 Å². The number of rotatable bonds is 14. The van der Waals surface area contributed by atoms with Gasteiger partial charge in [-0.15, -0.1) is 0 Å². The van der Waals surface area contributed by atoms with Crippen LogP contribution in [0.5, 0.6) is 0 Å². The highest BCUT2D eigenvalue weighted by atomic mass is 16.5. The van der Waals surface area contributed by atoms with E-state index < -0.39 is 17.7 Å². The first kappa shape index (κ1) is 30.6. The first-order valence-corrected chi connectivity index (χ1v) is 15.3. The fraction of sp³-hybridized carbons (Fsp3) is 0.545. The van der Waals surface area contributed by atoms with Crippen LogP contribution in [0.1, 0.15) is 69.4 Å². The number of hydrogen-bond donors (Lipinski definition) is 2. The Kier molecular flexibility index (Phi) is 11.6. The Hall–Kier alpha value is -3.39. The van der Waals surface area contributed by atoms with Gasteiger partial charge in [0.05, 0.1) is 0 Å². The molecule has 8 nitrogen and oxygen atoms in total. The lowest BCUT2D eigenvalue weighted by atomic mass is 9.81. The lowest BCUT2D eigenvalue weighted by Gasteiger charge is -2.51. The largest absolute Gasteiger partial charge is 0.445 e. The van der Waals surface area contributed by atoms with Crippen molar-refractivity contribution in [3.63, 3.8) is 0 Å². The molecule has 0 aromatic heterocycles. The molecule has 2 aromatic rings. The first-order valence-electron chi connectivity index (χ1n) is 15.3. The quantitative estimate of drug-likeness (QED) is 0.327. The molecule has 0 saturated carbocycles. The van der Waals surface area contributed by atoms with Crippen molar-refractivity contribution in [3.8, 4) is 0 Å². The van der Waals surface area contributed by atoms with Crippen LogP contribution in [-0.4, -0.2) is 72.0 Å². The van der Waals surface area contributed by atoms with Crippen LogP contribution in [0.15, 0.2) is 60.7 Å². The van der Waals surface area contributed by atoms with Crippen LogP contribution in [0.2, 0.25) is 0 Å². The number of carbonyl (C=O) groups is 3. The van der Waals surface area contributed by atoms with Gasteiger partial charge in [-0.05, 0) is 75.5 Å². The molecule has 2 heterocycles. The van der Waals surface area contributed by atoms with E-state index in [0.717, 1.165) is 57.3 Å². The summed E-state index contributed by atoms with van der Waals surface area (Å²) in [6.45, 7) is 6.07. The van der Waals surface area contributed by atoms with Crippen molar-refractivity contribution < 1.29 is 19.1 Å². The number of ether oxygens (including phenoxy) is 1. The SMILES string of the molecule is CCCN1C(=O)[C@H](CCCCNC(=O)OCc2ccccc2)NC(=O)C12CCN(CCCCc1ccccc1)CC2. The predicted molar refractivity (Wildman–Crippen MR) is 160 cm³/mol. The van der Waals surface area contributed by atoms with Crippen molar-refractivity contribution >= 4 is 17.9 Å². The normalized spacial score (nSPS) is 18.8. The molecule has 0 unspecified atom stereocenters. The van der Waals surface area contributed by atoms with Gasteiger partial charge in [0, 0.05) is 26.2 Å². The van der Waals surface area contributed by atoms with Gasteiger partial charge in [0.15, 0.2) is 0 Å². The van der Waals surface area contributed by atoms with Crippen molar-refractivity contribution in [1.29, 1.82) is 0 Å². The maximum Gasteiger partial charge on any atom is 0.407 e. The zero-order valence-corrected chi connectivity index (χ0v) is 24.5. The molecule has 41 heavy (non-hydrogen) atoms. The second kappa shape index (κ2) is 15.6. The Bertz CT molecular complexity index is 1100. The van der Waals surface area contributed by atoms with E-state index in [0.29, 0.717) is 38.8 Å². The summed E-state index contributed by atoms with van der Waals surface area (Å²) in [4.78, 5) is 43.4.